The van der Waals surface area contributed by atoms with Gasteiger partial charge in [0.1, 0.15) is 0 Å². The lowest BCUT2D eigenvalue weighted by atomic mass is 10.2. The van der Waals surface area contributed by atoms with Crippen LogP contribution in [0.25, 0.3) is 0 Å². The number of benzene rings is 1. The fourth-order valence-electron chi connectivity index (χ4n) is 1.05. The van der Waals surface area contributed by atoms with E-state index < -0.39 is 32.1 Å². The lowest BCUT2D eigenvalue weighted by Crippen LogP contribution is -2.43. The predicted molar refractivity (Wildman–Crippen MR) is 61.4 cm³/mol. The van der Waals surface area contributed by atoms with Crippen molar-refractivity contribution >= 4 is 5.91 Å². The summed E-state index contributed by atoms with van der Waals surface area (Å²) >= 11 is 0. The molecule has 1 unspecified atom stereocenters. The van der Waals surface area contributed by atoms with E-state index in [1.165, 1.54) is 24.3 Å². The quantitative estimate of drug-likeness (QED) is 0.370. The van der Waals surface area contributed by atoms with Crippen molar-refractivity contribution in [2.75, 3.05) is 6.50 Å². The SMILES string of the molecule is [2H]C([2H])C([2H])([2H])C([2H])([2H])N(C#N)C(F)NC(=O)c1ccccc1. The number of nitrogens with one attached hydrogen (secondary N) is 1. The first-order valence-electron chi connectivity index (χ1n) is 7.74. The second kappa shape index (κ2) is 6.48. The molecule has 0 heterocycles. The smallest absolute Gasteiger partial charge is 0.257 e. The number of amides is 1. The number of carbonyl (C=O) groups excluding carboxylic acids is 1. The number of nitrogens with zero attached hydrogens (tertiary/aromatic N) is 2. The summed E-state index contributed by atoms with van der Waals surface area (Å²) < 4.78 is 58.1. The second-order valence-electron chi connectivity index (χ2n) is 2.90. The van der Waals surface area contributed by atoms with Crippen molar-refractivity contribution in [3.63, 3.8) is 0 Å². The largest absolute Gasteiger partial charge is 0.305 e. The standard InChI is InChI=1S/C12H14FN3O/c1-2-8-16(9-14)12(13)15-11(17)10-6-4-3-5-7-10/h3-7,12H,2,8H2,1H3,(H,15,17)/i1D2,2D2,8D2. The van der Waals surface area contributed by atoms with E-state index in [2.05, 4.69) is 0 Å². The molecule has 0 saturated heterocycles. The highest BCUT2D eigenvalue weighted by molar-refractivity contribution is 5.94. The van der Waals surface area contributed by atoms with E-state index in [0.717, 1.165) is 6.19 Å². The number of hydrogen-bond donors (Lipinski definition) is 1. The third-order valence-corrected chi connectivity index (χ3v) is 1.81. The van der Waals surface area contributed by atoms with Crippen LogP contribution in [0.15, 0.2) is 30.3 Å². The predicted octanol–water partition coefficient (Wildman–Crippen LogP) is 1.86. The number of nitriles is 1. The normalized spacial score (nSPS) is 18.4. The second-order valence-corrected chi connectivity index (χ2v) is 2.90. The number of carbonyl (C=O) groups is 1. The molecule has 1 amide bonds. The molecule has 0 aliphatic rings. The number of rotatable bonds is 5. The average Bonchev–Trinajstić information content (AvgIpc) is 2.48. The zero-order chi connectivity index (χ0) is 17.8. The van der Waals surface area contributed by atoms with E-state index in [4.69, 9.17) is 13.5 Å². The summed E-state index contributed by atoms with van der Waals surface area (Å²) in [6.45, 7) is -5.63. The van der Waals surface area contributed by atoms with Crippen LogP contribution < -0.4 is 5.32 Å². The van der Waals surface area contributed by atoms with Crippen molar-refractivity contribution in [3.05, 3.63) is 35.9 Å². The molecular weight excluding hydrogens is 221 g/mol. The van der Waals surface area contributed by atoms with Crippen LogP contribution in [0.1, 0.15) is 31.8 Å². The van der Waals surface area contributed by atoms with Gasteiger partial charge in [-0.25, -0.2) is 0 Å². The Morgan fingerprint density at radius 3 is 3.00 bits per heavy atom. The Hall–Kier alpha value is -2.09. The molecule has 1 aromatic carbocycles. The zero-order valence-corrected chi connectivity index (χ0v) is 8.72. The van der Waals surface area contributed by atoms with Crippen molar-refractivity contribution < 1.29 is 17.4 Å². The van der Waals surface area contributed by atoms with Crippen LogP contribution in [-0.4, -0.2) is 23.7 Å². The summed E-state index contributed by atoms with van der Waals surface area (Å²) in [5.41, 5.74) is 0.0653. The maximum Gasteiger partial charge on any atom is 0.257 e. The molecule has 1 aromatic rings. The Morgan fingerprint density at radius 1 is 1.71 bits per heavy atom. The molecule has 0 bridgehead atoms. The molecule has 0 aliphatic carbocycles. The molecule has 0 radical (unpaired) electrons. The van der Waals surface area contributed by atoms with Gasteiger partial charge < -0.3 is 5.32 Å². The third kappa shape index (κ3) is 3.76. The highest BCUT2D eigenvalue weighted by atomic mass is 19.1. The van der Waals surface area contributed by atoms with Crippen molar-refractivity contribution in [1.29, 1.82) is 5.26 Å². The summed E-state index contributed by atoms with van der Waals surface area (Å²) in [7, 11) is 0. The van der Waals surface area contributed by atoms with Crippen molar-refractivity contribution in [2.45, 2.75) is 19.7 Å². The van der Waals surface area contributed by atoms with Crippen LogP contribution in [0.3, 0.4) is 0 Å². The molecular formula is C12H14FN3O. The van der Waals surface area contributed by atoms with E-state index in [1.807, 2.05) is 0 Å². The van der Waals surface area contributed by atoms with Crippen molar-refractivity contribution in [3.8, 4) is 6.19 Å². The molecule has 1 N–H and O–H groups in total. The van der Waals surface area contributed by atoms with E-state index in [-0.39, 0.29) is 10.5 Å². The molecule has 0 spiro atoms. The van der Waals surface area contributed by atoms with Crippen LogP contribution >= 0.6 is 0 Å². The summed E-state index contributed by atoms with van der Waals surface area (Å²) in [6.07, 6.45) is -4.72. The molecule has 0 fully saturated rings. The van der Waals surface area contributed by atoms with Crippen molar-refractivity contribution in [2.24, 2.45) is 0 Å². The van der Waals surface area contributed by atoms with Gasteiger partial charge in [0, 0.05) is 17.5 Å². The molecule has 90 valence electrons. The van der Waals surface area contributed by atoms with Gasteiger partial charge in [0.15, 0.2) is 6.19 Å². The molecule has 17 heavy (non-hydrogen) atoms. The molecule has 4 nitrogen and oxygen atoms in total. The Labute approximate surface area is 108 Å². The molecule has 0 aromatic heterocycles. The molecule has 0 aliphatic heterocycles. The van der Waals surface area contributed by atoms with Gasteiger partial charge in [0.05, 0.1) is 2.74 Å². The van der Waals surface area contributed by atoms with Gasteiger partial charge in [-0.05, 0) is 18.5 Å². The highest BCUT2D eigenvalue weighted by Crippen LogP contribution is 2.02. The Bertz CT molecular complexity index is 592. The number of halogens is 1. The van der Waals surface area contributed by atoms with Crippen LogP contribution in [0.2, 0.25) is 0 Å². The lowest BCUT2D eigenvalue weighted by Gasteiger charge is -2.20. The lowest BCUT2D eigenvalue weighted by molar-refractivity contribution is 0.0695. The summed E-state index contributed by atoms with van der Waals surface area (Å²) in [5.74, 6) is -0.928. The minimum absolute atomic E-state index is 0.0653. The minimum atomic E-state index is -3.32. The van der Waals surface area contributed by atoms with Gasteiger partial charge >= 0.3 is 0 Å². The fourth-order valence-corrected chi connectivity index (χ4v) is 1.05. The molecule has 5 heteroatoms. The Kier molecular flexibility index (Phi) is 2.52. The van der Waals surface area contributed by atoms with Gasteiger partial charge in [0.2, 0.25) is 0 Å². The fraction of sp³-hybridized carbons (Fsp3) is 0.333. The first kappa shape index (κ1) is 6.60. The summed E-state index contributed by atoms with van der Waals surface area (Å²) in [5, 5.41) is 10.6. The van der Waals surface area contributed by atoms with Gasteiger partial charge in [-0.3, -0.25) is 9.69 Å². The average molecular weight is 241 g/mol. The summed E-state index contributed by atoms with van der Waals surface area (Å²) in [6, 6.07) is 7.41. The third-order valence-electron chi connectivity index (χ3n) is 1.81. The minimum Gasteiger partial charge on any atom is -0.305 e. The maximum absolute atomic E-state index is 14.1. The number of hydrogen-bond acceptors (Lipinski definition) is 3. The van der Waals surface area contributed by atoms with Crippen LogP contribution in [0, 0.1) is 11.5 Å². The van der Waals surface area contributed by atoms with Gasteiger partial charge in [-0.1, -0.05) is 25.1 Å². The van der Waals surface area contributed by atoms with Crippen LogP contribution in [0.4, 0.5) is 4.39 Å². The van der Waals surface area contributed by atoms with E-state index in [0.29, 0.717) is 0 Å². The summed E-state index contributed by atoms with van der Waals surface area (Å²) in [4.78, 5) is 11.5. The Morgan fingerprint density at radius 2 is 2.41 bits per heavy atom. The first-order chi connectivity index (χ1) is 10.6. The van der Waals surface area contributed by atoms with Crippen molar-refractivity contribution in [1.82, 2.24) is 10.2 Å². The van der Waals surface area contributed by atoms with Crippen LogP contribution in [0.5, 0.6) is 0 Å². The van der Waals surface area contributed by atoms with E-state index in [1.54, 1.807) is 11.4 Å². The van der Waals surface area contributed by atoms with E-state index in [9.17, 15) is 9.18 Å². The molecule has 0 saturated carbocycles. The van der Waals surface area contributed by atoms with Crippen LogP contribution in [-0.2, 0) is 0 Å². The first-order valence-corrected chi connectivity index (χ1v) is 4.59. The maximum atomic E-state index is 14.1. The van der Waals surface area contributed by atoms with Gasteiger partial charge in [-0.15, -0.1) is 0 Å². The van der Waals surface area contributed by atoms with Gasteiger partial charge in [-0.2, -0.15) is 9.65 Å². The van der Waals surface area contributed by atoms with Gasteiger partial charge in [0.25, 0.3) is 12.3 Å². The Balaban J connectivity index is 2.98. The topological polar surface area (TPSA) is 56.1 Å². The molecule has 1 atom stereocenters. The number of alkyl halides is 1. The van der Waals surface area contributed by atoms with E-state index >= 15 is 0 Å². The molecule has 1 rings (SSSR count). The zero-order valence-electron chi connectivity index (χ0n) is 14.7. The monoisotopic (exact) mass is 241 g/mol. The highest BCUT2D eigenvalue weighted by Gasteiger charge is 2.18.